The Bertz CT molecular complexity index is 2800. The van der Waals surface area contributed by atoms with Gasteiger partial charge in [0.2, 0.25) is 0 Å². The molecule has 3 aliphatic rings. The van der Waals surface area contributed by atoms with Gasteiger partial charge in [-0.3, -0.25) is 0 Å². The minimum atomic E-state index is -0.0938. The van der Waals surface area contributed by atoms with E-state index in [1.54, 1.807) is 0 Å². The van der Waals surface area contributed by atoms with E-state index < -0.39 is 0 Å². The second-order valence-corrected chi connectivity index (χ2v) is 15.8. The van der Waals surface area contributed by atoms with E-state index >= 15 is 0 Å². The van der Waals surface area contributed by atoms with Crippen LogP contribution in [0.3, 0.4) is 0 Å². The van der Waals surface area contributed by atoms with Gasteiger partial charge < -0.3 is 0 Å². The summed E-state index contributed by atoms with van der Waals surface area (Å²) in [5.74, 6) is 0. The van der Waals surface area contributed by atoms with Crippen molar-refractivity contribution in [3.63, 3.8) is 0 Å². The first-order valence-electron chi connectivity index (χ1n) is 18.4. The molecule has 0 amide bonds. The molecule has 0 spiro atoms. The first kappa shape index (κ1) is 30.8. The molecule has 2 heteroatoms. The third-order valence-corrected chi connectivity index (χ3v) is 12.2. The van der Waals surface area contributed by atoms with Gasteiger partial charge >= 0.3 is 0 Å². The van der Waals surface area contributed by atoms with Crippen LogP contribution in [0.15, 0.2) is 139 Å². The molecule has 0 fully saturated rings. The number of aromatic nitrogens is 1. The van der Waals surface area contributed by atoms with Crippen LogP contribution in [0.25, 0.3) is 71.9 Å². The molecule has 0 saturated heterocycles. The van der Waals surface area contributed by atoms with Gasteiger partial charge in [0.1, 0.15) is 0 Å². The maximum Gasteiger partial charge on any atom is 0.0991 e. The van der Waals surface area contributed by atoms with Crippen LogP contribution in [0.2, 0.25) is 0 Å². The highest BCUT2D eigenvalue weighted by Gasteiger charge is 2.38. The van der Waals surface area contributed by atoms with E-state index in [0.29, 0.717) is 5.56 Å². The summed E-state index contributed by atoms with van der Waals surface area (Å²) in [6.45, 7) is 9.39. The van der Waals surface area contributed by atoms with E-state index in [2.05, 4.69) is 149 Å². The normalized spacial score (nSPS) is 16.1. The Morgan fingerprint density at radius 3 is 2.12 bits per heavy atom. The Morgan fingerprint density at radius 1 is 0.558 bits per heavy atom. The molecule has 1 aromatic heterocycles. The van der Waals surface area contributed by atoms with Crippen molar-refractivity contribution in [2.75, 3.05) is 0 Å². The Kier molecular flexibility index (Phi) is 6.49. The quantitative estimate of drug-likeness (QED) is 0.176. The third kappa shape index (κ3) is 4.33. The van der Waals surface area contributed by atoms with Crippen LogP contribution in [0.1, 0.15) is 68.4 Å². The fourth-order valence-corrected chi connectivity index (χ4v) is 9.46. The van der Waals surface area contributed by atoms with Gasteiger partial charge in [0.15, 0.2) is 0 Å². The van der Waals surface area contributed by atoms with Crippen molar-refractivity contribution in [3.8, 4) is 50.7 Å². The van der Waals surface area contributed by atoms with Crippen molar-refractivity contribution in [1.29, 1.82) is 5.26 Å². The van der Waals surface area contributed by atoms with Gasteiger partial charge in [-0.05, 0) is 121 Å². The molecule has 248 valence electrons. The topological polar surface area (TPSA) is 36.7 Å². The number of allylic oxidation sites excluding steroid dienone is 4. The second-order valence-electron chi connectivity index (χ2n) is 15.8. The minimum absolute atomic E-state index is 0.0637. The molecule has 52 heavy (non-hydrogen) atoms. The SMILES string of the molecule is CC1(C)C2=C(CCC=C2)c2ccc(-c3cc(-c4cccc(C#N)c4)c4cc(-c5ccc6c(c5)C(C)(C)c5ccccc5-6)c5ccccc5c4n3)cc21. The summed E-state index contributed by atoms with van der Waals surface area (Å²) < 4.78 is 0. The van der Waals surface area contributed by atoms with Crippen LogP contribution >= 0.6 is 0 Å². The predicted octanol–water partition coefficient (Wildman–Crippen LogP) is 13.0. The lowest BCUT2D eigenvalue weighted by Gasteiger charge is -2.24. The Morgan fingerprint density at radius 2 is 1.25 bits per heavy atom. The molecule has 1 heterocycles. The first-order chi connectivity index (χ1) is 25.2. The fourth-order valence-electron chi connectivity index (χ4n) is 9.46. The molecular weight excluding hydrogens is 629 g/mol. The molecule has 0 aliphatic heterocycles. The molecule has 3 aliphatic carbocycles. The predicted molar refractivity (Wildman–Crippen MR) is 216 cm³/mol. The summed E-state index contributed by atoms with van der Waals surface area (Å²) in [6.07, 6.45) is 6.86. The van der Waals surface area contributed by atoms with Gasteiger partial charge in [0.05, 0.1) is 22.8 Å². The number of hydrogen-bond acceptors (Lipinski definition) is 2. The lowest BCUT2D eigenvalue weighted by atomic mass is 9.79. The minimum Gasteiger partial charge on any atom is -0.247 e. The number of nitriles is 1. The van der Waals surface area contributed by atoms with Crippen molar-refractivity contribution >= 4 is 27.2 Å². The summed E-state index contributed by atoms with van der Waals surface area (Å²) in [6, 6.07) is 46.5. The van der Waals surface area contributed by atoms with E-state index in [1.165, 1.54) is 61.0 Å². The highest BCUT2D eigenvalue weighted by molar-refractivity contribution is 6.16. The van der Waals surface area contributed by atoms with Crippen LogP contribution in [-0.4, -0.2) is 4.98 Å². The van der Waals surface area contributed by atoms with Gasteiger partial charge in [0, 0.05) is 27.2 Å². The molecule has 10 rings (SSSR count). The lowest BCUT2D eigenvalue weighted by Crippen LogP contribution is -2.16. The summed E-state index contributed by atoms with van der Waals surface area (Å²) in [7, 11) is 0. The second kappa shape index (κ2) is 11.0. The standard InChI is InChI=1S/C50H38N2/c1-49(2)43-18-9-7-15-35(43)37-22-20-32(25-45(37)49)40-27-42-41(31-13-11-12-30(24-31)29-51)28-47(52-48(42)39-17-6-5-14-34(39)40)33-21-23-38-36-16-8-10-19-44(36)50(3,4)46(38)26-33/h5-7,9-15,17-28H,8,16H2,1-4H3. The number of rotatable bonds is 3. The maximum absolute atomic E-state index is 9.93. The van der Waals surface area contributed by atoms with Crippen molar-refractivity contribution in [2.45, 2.75) is 51.4 Å². The molecule has 0 atom stereocenters. The van der Waals surface area contributed by atoms with Crippen molar-refractivity contribution in [3.05, 3.63) is 167 Å². The third-order valence-electron chi connectivity index (χ3n) is 12.2. The molecule has 7 aromatic rings. The van der Waals surface area contributed by atoms with E-state index in [-0.39, 0.29) is 10.8 Å². The number of fused-ring (bicyclic) bond motifs is 8. The summed E-state index contributed by atoms with van der Waals surface area (Å²) in [5, 5.41) is 13.3. The number of benzene rings is 6. The zero-order chi connectivity index (χ0) is 35.4. The molecule has 2 nitrogen and oxygen atoms in total. The van der Waals surface area contributed by atoms with E-state index in [0.717, 1.165) is 51.5 Å². The van der Waals surface area contributed by atoms with Crippen LogP contribution < -0.4 is 0 Å². The van der Waals surface area contributed by atoms with Crippen LogP contribution in [0.4, 0.5) is 0 Å². The highest BCUT2D eigenvalue weighted by atomic mass is 14.7. The number of hydrogen-bond donors (Lipinski definition) is 0. The monoisotopic (exact) mass is 666 g/mol. The van der Waals surface area contributed by atoms with Crippen molar-refractivity contribution in [1.82, 2.24) is 4.98 Å². The summed E-state index contributed by atoms with van der Waals surface area (Å²) in [4.78, 5) is 5.52. The molecular formula is C50H38N2. The average molecular weight is 667 g/mol. The van der Waals surface area contributed by atoms with Crippen LogP contribution in [0.5, 0.6) is 0 Å². The van der Waals surface area contributed by atoms with Gasteiger partial charge in [-0.1, -0.05) is 125 Å². The smallest absolute Gasteiger partial charge is 0.0991 e. The van der Waals surface area contributed by atoms with Crippen molar-refractivity contribution < 1.29 is 0 Å². The van der Waals surface area contributed by atoms with Crippen LogP contribution in [-0.2, 0) is 10.8 Å². The van der Waals surface area contributed by atoms with E-state index in [4.69, 9.17) is 4.98 Å². The number of pyridine rings is 1. The van der Waals surface area contributed by atoms with E-state index in [9.17, 15) is 5.26 Å². The summed E-state index contributed by atoms with van der Waals surface area (Å²) >= 11 is 0. The molecule has 0 radical (unpaired) electrons. The molecule has 0 saturated carbocycles. The van der Waals surface area contributed by atoms with Gasteiger partial charge in [-0.25, -0.2) is 4.98 Å². The van der Waals surface area contributed by atoms with Crippen molar-refractivity contribution in [2.24, 2.45) is 0 Å². The lowest BCUT2D eigenvalue weighted by molar-refractivity contribution is 0.651. The molecule has 6 aromatic carbocycles. The Balaban J connectivity index is 1.22. The number of nitrogens with zero attached hydrogens (tertiary/aromatic N) is 2. The fraction of sp³-hybridized carbons (Fsp3) is 0.160. The zero-order valence-corrected chi connectivity index (χ0v) is 30.0. The van der Waals surface area contributed by atoms with Gasteiger partial charge in [0.25, 0.3) is 0 Å². The first-order valence-corrected chi connectivity index (χ1v) is 18.4. The maximum atomic E-state index is 9.93. The molecule has 0 unspecified atom stereocenters. The molecule has 0 N–H and O–H groups in total. The zero-order valence-electron chi connectivity index (χ0n) is 30.0. The van der Waals surface area contributed by atoms with Crippen LogP contribution in [0, 0.1) is 11.3 Å². The molecule has 0 bridgehead atoms. The highest BCUT2D eigenvalue weighted by Crippen LogP contribution is 2.52. The summed E-state index contributed by atoms with van der Waals surface area (Å²) in [5.41, 5.74) is 19.1. The Labute approximate surface area is 305 Å². The van der Waals surface area contributed by atoms with Gasteiger partial charge in [-0.2, -0.15) is 5.26 Å². The largest absolute Gasteiger partial charge is 0.247 e. The average Bonchev–Trinajstić information content (AvgIpc) is 3.56. The van der Waals surface area contributed by atoms with Gasteiger partial charge in [-0.15, -0.1) is 0 Å². The van der Waals surface area contributed by atoms with E-state index in [1.807, 2.05) is 18.2 Å². The Hall–Kier alpha value is -6.04.